The molecule has 1 aromatic carbocycles. The summed E-state index contributed by atoms with van der Waals surface area (Å²) < 4.78 is 29.7. The lowest BCUT2D eigenvalue weighted by molar-refractivity contribution is -0.136. The summed E-state index contributed by atoms with van der Waals surface area (Å²) in [7, 11) is -3.58. The third-order valence-electron chi connectivity index (χ3n) is 3.16. The van der Waals surface area contributed by atoms with Gasteiger partial charge in [-0.15, -0.1) is 0 Å². The maximum atomic E-state index is 12.0. The van der Waals surface area contributed by atoms with E-state index in [4.69, 9.17) is 9.84 Å². The smallest absolute Gasteiger partial charge is 0.304 e. The fourth-order valence-corrected chi connectivity index (χ4v) is 3.21. The quantitative estimate of drug-likeness (QED) is 0.856. The fraction of sp³-hybridized carbons (Fsp3) is 0.462. The van der Waals surface area contributed by atoms with Crippen LogP contribution in [-0.2, 0) is 14.6 Å². The van der Waals surface area contributed by atoms with Crippen LogP contribution < -0.4 is 10.1 Å². The molecule has 110 valence electrons. The molecule has 1 aromatic rings. The van der Waals surface area contributed by atoms with Crippen LogP contribution in [-0.4, -0.2) is 37.9 Å². The van der Waals surface area contributed by atoms with Gasteiger partial charge in [-0.25, -0.2) is 8.42 Å². The molecule has 1 aliphatic rings. The van der Waals surface area contributed by atoms with Crippen molar-refractivity contribution >= 4 is 21.5 Å². The van der Waals surface area contributed by atoms with E-state index in [9.17, 15) is 13.2 Å². The predicted molar refractivity (Wildman–Crippen MR) is 73.9 cm³/mol. The van der Waals surface area contributed by atoms with Crippen molar-refractivity contribution in [1.29, 1.82) is 0 Å². The second-order valence-electron chi connectivity index (χ2n) is 4.65. The zero-order valence-corrected chi connectivity index (χ0v) is 11.9. The number of anilines is 1. The van der Waals surface area contributed by atoms with Crippen LogP contribution in [0.15, 0.2) is 23.1 Å². The molecule has 0 radical (unpaired) electrons. The largest absolute Gasteiger partial charge is 0.486 e. The molecule has 20 heavy (non-hydrogen) atoms. The Bertz CT molecular complexity index is 611. The number of rotatable bonds is 5. The standard InChI is InChI=1S/C13H17NO5S/c1-2-9-8-14-11-7-10(3-4-12(11)19-9)20(17,18)6-5-13(15)16/h3-4,7,9,14H,2,5-6,8H2,1H3,(H,15,16). The number of aliphatic carboxylic acids is 1. The summed E-state index contributed by atoms with van der Waals surface area (Å²) in [5.41, 5.74) is 0.631. The van der Waals surface area contributed by atoms with E-state index in [0.29, 0.717) is 18.0 Å². The Balaban J connectivity index is 2.21. The van der Waals surface area contributed by atoms with Crippen LogP contribution in [0.25, 0.3) is 0 Å². The van der Waals surface area contributed by atoms with Crippen LogP contribution in [0.5, 0.6) is 5.75 Å². The minimum absolute atomic E-state index is 0.0805. The second-order valence-corrected chi connectivity index (χ2v) is 6.76. The van der Waals surface area contributed by atoms with Gasteiger partial charge in [-0.05, 0) is 24.6 Å². The molecular weight excluding hydrogens is 282 g/mol. The van der Waals surface area contributed by atoms with Crippen molar-refractivity contribution in [2.75, 3.05) is 17.6 Å². The van der Waals surface area contributed by atoms with Crippen molar-refractivity contribution in [3.63, 3.8) is 0 Å². The summed E-state index contributed by atoms with van der Waals surface area (Å²) in [6.07, 6.45) is 0.545. The van der Waals surface area contributed by atoms with E-state index in [2.05, 4.69) is 5.32 Å². The number of nitrogens with one attached hydrogen (secondary N) is 1. The SMILES string of the molecule is CCC1CNc2cc(S(=O)(=O)CCC(=O)O)ccc2O1. The average Bonchev–Trinajstić information content (AvgIpc) is 2.44. The minimum atomic E-state index is -3.58. The molecule has 0 aromatic heterocycles. The Morgan fingerprint density at radius 2 is 2.25 bits per heavy atom. The monoisotopic (exact) mass is 299 g/mol. The van der Waals surface area contributed by atoms with Crippen molar-refractivity contribution in [2.24, 2.45) is 0 Å². The van der Waals surface area contributed by atoms with Gasteiger partial charge in [0.15, 0.2) is 9.84 Å². The van der Waals surface area contributed by atoms with Crippen LogP contribution in [0.3, 0.4) is 0 Å². The maximum absolute atomic E-state index is 12.0. The molecular formula is C13H17NO5S. The Kier molecular flexibility index (Phi) is 4.17. The van der Waals surface area contributed by atoms with Crippen LogP contribution in [0, 0.1) is 0 Å². The zero-order chi connectivity index (χ0) is 14.8. The van der Waals surface area contributed by atoms with Gasteiger partial charge >= 0.3 is 5.97 Å². The molecule has 1 atom stereocenters. The first-order valence-electron chi connectivity index (χ1n) is 6.41. The molecule has 6 nitrogen and oxygen atoms in total. The molecule has 0 amide bonds. The second kappa shape index (κ2) is 5.70. The molecule has 0 aliphatic carbocycles. The van der Waals surface area contributed by atoms with Crippen molar-refractivity contribution in [2.45, 2.75) is 30.8 Å². The van der Waals surface area contributed by atoms with Crippen molar-refractivity contribution < 1.29 is 23.1 Å². The number of benzene rings is 1. The molecule has 0 spiro atoms. The van der Waals surface area contributed by atoms with Crippen LogP contribution >= 0.6 is 0 Å². The number of carboxylic acid groups (broad SMARTS) is 1. The number of hydrogen-bond donors (Lipinski definition) is 2. The molecule has 0 saturated heterocycles. The number of carbonyl (C=O) groups is 1. The van der Waals surface area contributed by atoms with Crippen molar-refractivity contribution in [3.8, 4) is 5.75 Å². The molecule has 0 saturated carbocycles. The highest BCUT2D eigenvalue weighted by atomic mass is 32.2. The topological polar surface area (TPSA) is 92.7 Å². The van der Waals surface area contributed by atoms with E-state index < -0.39 is 28.0 Å². The summed E-state index contributed by atoms with van der Waals surface area (Å²) in [6, 6.07) is 4.56. The Labute approximate surface area is 117 Å². The van der Waals surface area contributed by atoms with Crippen molar-refractivity contribution in [3.05, 3.63) is 18.2 Å². The van der Waals surface area contributed by atoms with Gasteiger partial charge in [-0.1, -0.05) is 6.92 Å². The first-order valence-corrected chi connectivity index (χ1v) is 8.06. The molecule has 1 aliphatic heterocycles. The van der Waals surface area contributed by atoms with Gasteiger partial charge in [0.25, 0.3) is 0 Å². The molecule has 7 heteroatoms. The minimum Gasteiger partial charge on any atom is -0.486 e. The van der Waals surface area contributed by atoms with E-state index >= 15 is 0 Å². The van der Waals surface area contributed by atoms with E-state index in [1.807, 2.05) is 6.92 Å². The highest BCUT2D eigenvalue weighted by molar-refractivity contribution is 7.91. The zero-order valence-electron chi connectivity index (χ0n) is 11.1. The normalized spacial score (nSPS) is 17.8. The van der Waals surface area contributed by atoms with Crippen LogP contribution in [0.1, 0.15) is 19.8 Å². The lowest BCUT2D eigenvalue weighted by Gasteiger charge is -2.26. The van der Waals surface area contributed by atoms with Gasteiger partial charge in [-0.2, -0.15) is 0 Å². The lowest BCUT2D eigenvalue weighted by Crippen LogP contribution is -2.30. The number of carboxylic acids is 1. The highest BCUT2D eigenvalue weighted by Gasteiger charge is 2.22. The number of fused-ring (bicyclic) bond motifs is 1. The highest BCUT2D eigenvalue weighted by Crippen LogP contribution is 2.32. The molecule has 0 fully saturated rings. The summed E-state index contributed by atoms with van der Waals surface area (Å²) >= 11 is 0. The Hall–Kier alpha value is -1.76. The van der Waals surface area contributed by atoms with Crippen LogP contribution in [0.4, 0.5) is 5.69 Å². The van der Waals surface area contributed by atoms with Crippen molar-refractivity contribution in [1.82, 2.24) is 0 Å². The van der Waals surface area contributed by atoms with Gasteiger partial charge in [0.1, 0.15) is 11.9 Å². The number of ether oxygens (including phenoxy) is 1. The first kappa shape index (κ1) is 14.6. The molecule has 1 unspecified atom stereocenters. The van der Waals surface area contributed by atoms with Gasteiger partial charge in [0, 0.05) is 0 Å². The van der Waals surface area contributed by atoms with Gasteiger partial charge in [0.05, 0.1) is 29.3 Å². The third-order valence-corrected chi connectivity index (χ3v) is 4.88. The van der Waals surface area contributed by atoms with Gasteiger partial charge in [0.2, 0.25) is 0 Å². The number of sulfone groups is 1. The van der Waals surface area contributed by atoms with Gasteiger partial charge in [-0.3, -0.25) is 4.79 Å². The molecule has 2 N–H and O–H groups in total. The van der Waals surface area contributed by atoms with Crippen LogP contribution in [0.2, 0.25) is 0 Å². The average molecular weight is 299 g/mol. The number of hydrogen-bond acceptors (Lipinski definition) is 5. The van der Waals surface area contributed by atoms with E-state index in [1.54, 1.807) is 6.07 Å². The van der Waals surface area contributed by atoms with E-state index in [1.165, 1.54) is 12.1 Å². The lowest BCUT2D eigenvalue weighted by atomic mass is 10.2. The Morgan fingerprint density at radius 3 is 2.90 bits per heavy atom. The predicted octanol–water partition coefficient (Wildman–Crippen LogP) is 1.52. The summed E-state index contributed by atoms with van der Waals surface area (Å²) in [5, 5.41) is 11.7. The van der Waals surface area contributed by atoms with E-state index in [0.717, 1.165) is 6.42 Å². The maximum Gasteiger partial charge on any atom is 0.304 e. The van der Waals surface area contributed by atoms with Gasteiger partial charge < -0.3 is 15.2 Å². The third kappa shape index (κ3) is 3.22. The Morgan fingerprint density at radius 1 is 1.50 bits per heavy atom. The molecule has 1 heterocycles. The fourth-order valence-electron chi connectivity index (χ4n) is 1.96. The summed E-state index contributed by atoms with van der Waals surface area (Å²) in [5.74, 6) is -0.904. The summed E-state index contributed by atoms with van der Waals surface area (Å²) in [4.78, 5) is 10.6. The molecule has 0 bridgehead atoms. The van der Waals surface area contributed by atoms with E-state index in [-0.39, 0.29) is 11.0 Å². The molecule has 2 rings (SSSR count). The first-order chi connectivity index (χ1) is 9.42. The summed E-state index contributed by atoms with van der Waals surface area (Å²) in [6.45, 7) is 2.64.